The maximum Gasteiger partial charge on any atom is 1.00 e. The van der Waals surface area contributed by atoms with Crippen LogP contribution in [0, 0.1) is 0 Å². The first-order valence-electron chi connectivity index (χ1n) is 26.8. The first kappa shape index (κ1) is 103. The zero-order chi connectivity index (χ0) is 74.3. The van der Waals surface area contributed by atoms with Crippen molar-refractivity contribution < 1.29 is 344 Å². The Labute approximate surface area is 807 Å². The van der Waals surface area contributed by atoms with Crippen LogP contribution in [0.4, 0.5) is 69.3 Å². The van der Waals surface area contributed by atoms with Crippen molar-refractivity contribution in [2.75, 3.05) is 31.3 Å². The Bertz CT molecular complexity index is 5480. The summed E-state index contributed by atoms with van der Waals surface area (Å²) in [6, 6.07) is 13.7. The average Bonchev–Trinajstić information content (AvgIpc) is 1.46. The number of hydrazone groups is 2. The number of nitrogens with one attached hydrogen (secondary N) is 4. The largest absolute Gasteiger partial charge is 1.00 e. The van der Waals surface area contributed by atoms with Crippen molar-refractivity contribution in [2.45, 2.75) is 41.5 Å². The first-order chi connectivity index (χ1) is 47.6. The van der Waals surface area contributed by atoms with Crippen LogP contribution < -0.4 is 278 Å². The molecule has 2 unspecified atom stereocenters. The maximum atomic E-state index is 13.3. The summed E-state index contributed by atoms with van der Waals surface area (Å²) in [4.78, 5) is 69.0. The van der Waals surface area contributed by atoms with E-state index in [1.54, 1.807) is 0 Å². The van der Waals surface area contributed by atoms with E-state index in [0.29, 0.717) is 22.2 Å². The Kier molecular flexibility index (Phi) is 39.0. The van der Waals surface area contributed by atoms with E-state index in [1.165, 1.54) is 12.1 Å². The fraction of sp³-hybridized carbons (Fsp3) is 0.0385. The molecule has 4 heterocycles. The number of aliphatic carboxylic acids is 2. The molecule has 8 aromatic rings. The van der Waals surface area contributed by atoms with Crippen LogP contribution in [0.3, 0.4) is 0 Å². The number of amides is 2. The minimum Gasteiger partial charge on any atom is -0.744 e. The van der Waals surface area contributed by atoms with Crippen molar-refractivity contribution in [1.82, 2.24) is 29.9 Å². The van der Waals surface area contributed by atoms with Gasteiger partial charge in [0.1, 0.15) is 83.5 Å². The molecule has 0 bridgehead atoms. The van der Waals surface area contributed by atoms with Crippen LogP contribution in [-0.2, 0) is 79.9 Å². The third-order valence-corrected chi connectivity index (χ3v) is 18.8. The molecule has 0 radical (unpaired) electrons. The second-order valence-electron chi connectivity index (χ2n) is 20.0. The number of carbonyl (C=O) groups is 4. The molecule has 528 valence electrons. The number of aromatic nitrogens is 6. The molecule has 42 nitrogen and oxygen atoms in total. The zero-order valence-corrected chi connectivity index (χ0v) is 79.5. The predicted molar refractivity (Wildman–Crippen MR) is 335 cm³/mol. The number of nitrogens with zero attached hydrogens (tertiary/aromatic N) is 14. The molecule has 6 aromatic carbocycles. The Morgan fingerprint density at radius 1 is 0.382 bits per heavy atom. The van der Waals surface area contributed by atoms with Crippen LogP contribution in [0.1, 0.15) is 11.1 Å². The van der Waals surface area contributed by atoms with E-state index in [9.17, 15) is 107 Å². The number of azo groups is 2. The number of carbonyl (C=O) groups excluding carboxylic acids is 4. The Balaban J connectivity index is 0.00000513. The minimum absolute atomic E-state index is 0. The zero-order valence-electron chi connectivity index (χ0n) is 57.1. The molecular formula is C52H28Cl2N18Na8O24S6. The predicted octanol–water partition coefficient (Wildman–Crippen LogP) is -22.8. The maximum absolute atomic E-state index is 13.3. The van der Waals surface area contributed by atoms with Gasteiger partial charge in [-0.25, -0.2) is 50.5 Å². The summed E-state index contributed by atoms with van der Waals surface area (Å²) < 4.78 is 218. The van der Waals surface area contributed by atoms with Crippen LogP contribution >= 0.6 is 23.2 Å². The van der Waals surface area contributed by atoms with Crippen molar-refractivity contribution in [3.8, 4) is 0 Å². The van der Waals surface area contributed by atoms with Gasteiger partial charge in [0, 0.05) is 22.7 Å². The third-order valence-electron chi connectivity index (χ3n) is 13.2. The van der Waals surface area contributed by atoms with Gasteiger partial charge in [0.2, 0.25) is 34.4 Å². The number of hydrogen-bond donors (Lipinski definition) is 4. The molecule has 2 aliphatic heterocycles. The molecular weight excluding hydrogens is 1710 g/mol. The quantitative estimate of drug-likeness (QED) is 0.0189. The van der Waals surface area contributed by atoms with Gasteiger partial charge in [-0.3, -0.25) is 9.59 Å². The number of anilines is 10. The SMILES string of the molecule is O=C([O-])C1=NN(c2ccc(S(=O)(=O)[O-])cc2)C(=O)C1N=Nc1cc(Nc2nc(Cl)nc(Nc3ccc(C=Cc4ccc(Nc5nc(Cl)nc(Nc6ccc(S(=O)(=O)[O-])c(N=NC7C(=O)N(c8ccc(S(=O)(=O)[O-])cc8)N=C7C(=O)[O-])c6)n5)cc4S(=O)(=O)[O-])c(S(=O)(=O)[O-])c3)n2)ccc1S(=O)(=O)[O-].[Na+].[Na+].[Na+].[Na+].[Na+].[Na+].[Na+].[Na+]. The Morgan fingerprint density at radius 2 is 0.655 bits per heavy atom. The molecule has 0 aliphatic carbocycles. The Hall–Kier alpha value is -3.26. The molecule has 2 aromatic heterocycles. The summed E-state index contributed by atoms with van der Waals surface area (Å²) in [5.41, 5.74) is -5.91. The van der Waals surface area contributed by atoms with Crippen LogP contribution in [-0.4, -0.2) is 155 Å². The average molecular weight is 1740 g/mol. The van der Waals surface area contributed by atoms with Crippen molar-refractivity contribution in [2.24, 2.45) is 30.7 Å². The summed E-state index contributed by atoms with van der Waals surface area (Å²) in [7, 11) is -31.6. The monoisotopic (exact) mass is 1730 g/mol. The number of halogens is 2. The number of hydrogen-bond acceptors (Lipinski definition) is 40. The van der Waals surface area contributed by atoms with Gasteiger partial charge in [-0.2, -0.15) is 70.6 Å². The van der Waals surface area contributed by atoms with Crippen molar-refractivity contribution in [3.05, 3.63) is 143 Å². The van der Waals surface area contributed by atoms with E-state index in [0.717, 1.165) is 109 Å². The van der Waals surface area contributed by atoms with Gasteiger partial charge < -0.3 is 68.4 Å². The topological polar surface area (TPSA) is 664 Å². The Morgan fingerprint density at radius 3 is 0.918 bits per heavy atom. The van der Waals surface area contributed by atoms with E-state index in [2.05, 4.69) is 81.8 Å². The second-order valence-corrected chi connectivity index (χ2v) is 28.8. The summed E-state index contributed by atoms with van der Waals surface area (Å²) >= 11 is 12.3. The van der Waals surface area contributed by atoms with E-state index < -0.39 is 183 Å². The number of benzene rings is 6. The number of carboxylic acids is 2. The fourth-order valence-electron chi connectivity index (χ4n) is 8.84. The molecule has 10 rings (SSSR count). The van der Waals surface area contributed by atoms with Crippen LogP contribution in [0.25, 0.3) is 12.2 Å². The van der Waals surface area contributed by atoms with Gasteiger partial charge in [-0.05, 0) is 144 Å². The van der Waals surface area contributed by atoms with Crippen LogP contribution in [0.2, 0.25) is 10.6 Å². The molecule has 2 atom stereocenters. The standard InChI is InChI=1S/C52H36Cl2N18O24S6.8Na/c53-47-59-49(55-25-7-17-35(99(85,86)87)33(19-25)65-67-39-41(45(75)76)69-71(43(39)73)29-9-13-31(14-10-29)97(79,80)81)63-51(61-47)57-27-5-3-23(37(21-27)101(91,92)93)1-2-24-4-6-28(22-38(24)102(94,95)96)58-52-62-48(54)60-50(64-52)56-26-8-18-36(100(88,89)90)34(20-26)66-68-40-42(46(77)78)70-72(44(40)74)30-11-15-32(16-12-30)98(82,83)84;;;;;;;;/h1-22,39-40H,(H,75,76)(H,77,78)(H,79,80,81)(H,82,83,84)(H,85,86,87)(H,88,89,90)(H,91,92,93)(H,94,95,96)(H2,55,57,59,61,63)(H2,56,58,60,62,64);;;;;;;;/q;8*+1/p-8. The summed E-state index contributed by atoms with van der Waals surface area (Å²) in [5.74, 6) is -8.50. The second kappa shape index (κ2) is 41.7. The van der Waals surface area contributed by atoms with Crippen LogP contribution in [0.5, 0.6) is 0 Å². The minimum atomic E-state index is -5.44. The van der Waals surface area contributed by atoms with Gasteiger partial charge in [-0.15, -0.1) is 0 Å². The van der Waals surface area contributed by atoms with E-state index >= 15 is 0 Å². The van der Waals surface area contributed by atoms with Gasteiger partial charge in [0.25, 0.3) is 11.8 Å². The normalized spacial score (nSPS) is 14.4. The van der Waals surface area contributed by atoms with E-state index in [4.69, 9.17) is 23.2 Å². The molecule has 2 amide bonds. The third kappa shape index (κ3) is 26.1. The molecule has 0 spiro atoms. The molecule has 58 heteroatoms. The van der Waals surface area contributed by atoms with Gasteiger partial charge >= 0.3 is 236 Å². The molecule has 2 aliphatic rings. The molecule has 0 saturated carbocycles. The van der Waals surface area contributed by atoms with Gasteiger partial charge in [0.05, 0.1) is 52.7 Å². The van der Waals surface area contributed by atoms with Crippen molar-refractivity contribution >= 4 is 201 Å². The molecule has 4 N–H and O–H groups in total. The number of carboxylic acid groups (broad SMARTS) is 2. The number of rotatable bonds is 24. The first-order valence-corrected chi connectivity index (χ1v) is 36.0. The molecule has 0 saturated heterocycles. The van der Waals surface area contributed by atoms with Crippen molar-refractivity contribution in [1.29, 1.82) is 0 Å². The van der Waals surface area contributed by atoms with Crippen molar-refractivity contribution in [3.63, 3.8) is 0 Å². The van der Waals surface area contributed by atoms with Gasteiger partial charge in [0.15, 0.2) is 12.1 Å². The summed E-state index contributed by atoms with van der Waals surface area (Å²) in [6.45, 7) is 0. The van der Waals surface area contributed by atoms with E-state index in [1.807, 2.05) is 0 Å². The summed E-state index contributed by atoms with van der Waals surface area (Å²) in [6.07, 6.45) is 1.90. The summed E-state index contributed by atoms with van der Waals surface area (Å²) in [5, 5.41) is 55.8. The van der Waals surface area contributed by atoms with Crippen LogP contribution in [0.15, 0.2) is 181 Å². The molecule has 0 fully saturated rings. The fourth-order valence-corrected chi connectivity index (χ4v) is 12.7. The molecule has 110 heavy (non-hydrogen) atoms. The van der Waals surface area contributed by atoms with Gasteiger partial charge in [-0.1, -0.05) is 24.3 Å². The smallest absolute Gasteiger partial charge is 0.744 e. The van der Waals surface area contributed by atoms with E-state index in [-0.39, 0.29) is 282 Å².